The Morgan fingerprint density at radius 3 is 2.64 bits per heavy atom. The summed E-state index contributed by atoms with van der Waals surface area (Å²) in [5.74, 6) is 0.507. The van der Waals surface area contributed by atoms with Crippen molar-refractivity contribution in [3.05, 3.63) is 83.5 Å². The van der Waals surface area contributed by atoms with Crippen molar-refractivity contribution in [2.24, 2.45) is 0 Å². The quantitative estimate of drug-likeness (QED) is 0.406. The second-order valence-electron chi connectivity index (χ2n) is 6.34. The van der Waals surface area contributed by atoms with Crippen molar-refractivity contribution in [3.63, 3.8) is 0 Å². The van der Waals surface area contributed by atoms with Gasteiger partial charge in [0.1, 0.15) is 0 Å². The van der Waals surface area contributed by atoms with Crippen LogP contribution in [0.5, 0.6) is 0 Å². The maximum Gasteiger partial charge on any atom is 0.227 e. The van der Waals surface area contributed by atoms with Gasteiger partial charge < -0.3 is 10.4 Å². The predicted octanol–water partition coefficient (Wildman–Crippen LogP) is 6.32. The molecule has 1 atom stereocenters. The largest absolute Gasteiger partial charge is 0.389 e. The number of hydrogen-bond acceptors (Lipinski definition) is 5. The minimum absolute atomic E-state index is 0.507. The number of halogens is 1. The lowest BCUT2D eigenvalue weighted by Crippen LogP contribution is -1.99. The standard InChI is InChI=1S/C22H18ClN3OS/c1-14(27)15-5-4-6-16(13-15)25-22-24-12-11-19(26-22)21-10-9-20(28-21)17-7-2-3-8-18(17)23/h2-14,27H,1H3,(H,24,25,26). The number of hydrogen-bond donors (Lipinski definition) is 2. The Hall–Kier alpha value is -2.73. The lowest BCUT2D eigenvalue weighted by molar-refractivity contribution is 0.199. The summed E-state index contributed by atoms with van der Waals surface area (Å²) in [4.78, 5) is 11.1. The minimum Gasteiger partial charge on any atom is -0.389 e. The van der Waals surface area contributed by atoms with Crippen molar-refractivity contribution in [3.8, 4) is 21.0 Å². The van der Waals surface area contributed by atoms with Crippen LogP contribution in [0.25, 0.3) is 21.0 Å². The van der Waals surface area contributed by atoms with Gasteiger partial charge in [0.15, 0.2) is 0 Å². The first kappa shape index (κ1) is 18.6. The van der Waals surface area contributed by atoms with Crippen LogP contribution in [0.15, 0.2) is 72.9 Å². The number of benzene rings is 2. The van der Waals surface area contributed by atoms with Crippen molar-refractivity contribution >= 4 is 34.6 Å². The molecule has 0 aliphatic rings. The minimum atomic E-state index is -0.525. The van der Waals surface area contributed by atoms with Crippen LogP contribution in [0, 0.1) is 0 Å². The highest BCUT2D eigenvalue weighted by Crippen LogP contribution is 2.37. The molecule has 0 fully saturated rings. The van der Waals surface area contributed by atoms with E-state index >= 15 is 0 Å². The van der Waals surface area contributed by atoms with Crippen LogP contribution in [0.4, 0.5) is 11.6 Å². The van der Waals surface area contributed by atoms with Gasteiger partial charge in [0.25, 0.3) is 0 Å². The molecule has 0 spiro atoms. The molecule has 0 aliphatic heterocycles. The van der Waals surface area contributed by atoms with Gasteiger partial charge in [0.2, 0.25) is 5.95 Å². The van der Waals surface area contributed by atoms with Gasteiger partial charge in [-0.3, -0.25) is 0 Å². The third kappa shape index (κ3) is 4.07. The average molecular weight is 408 g/mol. The molecule has 0 amide bonds. The number of thiophene rings is 1. The number of aromatic nitrogens is 2. The Bertz CT molecular complexity index is 1110. The van der Waals surface area contributed by atoms with Gasteiger partial charge in [-0.1, -0.05) is 41.9 Å². The molecule has 28 heavy (non-hydrogen) atoms. The highest BCUT2D eigenvalue weighted by molar-refractivity contribution is 7.18. The SMILES string of the molecule is CC(O)c1cccc(Nc2nccc(-c3ccc(-c4ccccc4Cl)s3)n2)c1. The van der Waals surface area contributed by atoms with Gasteiger partial charge in [-0.2, -0.15) is 0 Å². The van der Waals surface area contributed by atoms with Crippen LogP contribution in [-0.4, -0.2) is 15.1 Å². The molecule has 2 aromatic heterocycles. The Kier molecular flexibility index (Phi) is 5.39. The van der Waals surface area contributed by atoms with E-state index in [9.17, 15) is 5.11 Å². The number of nitrogens with zero attached hydrogens (tertiary/aromatic N) is 2. The van der Waals surface area contributed by atoms with E-state index in [2.05, 4.69) is 21.4 Å². The summed E-state index contributed by atoms with van der Waals surface area (Å²) in [5, 5.41) is 13.7. The fourth-order valence-electron chi connectivity index (χ4n) is 2.84. The van der Waals surface area contributed by atoms with Crippen LogP contribution in [0.3, 0.4) is 0 Å². The lowest BCUT2D eigenvalue weighted by atomic mass is 10.1. The summed E-state index contributed by atoms with van der Waals surface area (Å²) >= 11 is 7.96. The van der Waals surface area contributed by atoms with E-state index in [0.29, 0.717) is 5.95 Å². The van der Waals surface area contributed by atoms with Crippen LogP contribution in [-0.2, 0) is 0 Å². The predicted molar refractivity (Wildman–Crippen MR) is 116 cm³/mol. The summed E-state index contributed by atoms with van der Waals surface area (Å²) < 4.78 is 0. The molecular weight excluding hydrogens is 390 g/mol. The van der Waals surface area contributed by atoms with Gasteiger partial charge in [-0.25, -0.2) is 9.97 Å². The molecule has 4 nitrogen and oxygen atoms in total. The molecule has 0 aliphatic carbocycles. The van der Waals surface area contributed by atoms with E-state index in [1.165, 1.54) is 0 Å². The maximum atomic E-state index is 9.76. The summed E-state index contributed by atoms with van der Waals surface area (Å²) in [6, 6.07) is 21.4. The van der Waals surface area contributed by atoms with E-state index in [1.807, 2.05) is 60.7 Å². The van der Waals surface area contributed by atoms with E-state index in [4.69, 9.17) is 11.6 Å². The maximum absolute atomic E-state index is 9.76. The van der Waals surface area contributed by atoms with Crippen LogP contribution >= 0.6 is 22.9 Å². The van der Waals surface area contributed by atoms with Gasteiger partial charge in [0.05, 0.1) is 16.7 Å². The molecule has 2 N–H and O–H groups in total. The van der Waals surface area contributed by atoms with Gasteiger partial charge in [-0.15, -0.1) is 11.3 Å². The molecule has 0 radical (unpaired) electrons. The number of anilines is 2. The zero-order chi connectivity index (χ0) is 19.5. The molecule has 2 heterocycles. The van der Waals surface area contributed by atoms with Crippen LogP contribution in [0.1, 0.15) is 18.6 Å². The molecule has 6 heteroatoms. The van der Waals surface area contributed by atoms with E-state index in [1.54, 1.807) is 24.5 Å². The van der Waals surface area contributed by atoms with E-state index in [-0.39, 0.29) is 0 Å². The van der Waals surface area contributed by atoms with Crippen LogP contribution in [0.2, 0.25) is 5.02 Å². The second kappa shape index (κ2) is 8.10. The molecule has 0 saturated carbocycles. The molecule has 0 saturated heterocycles. The molecule has 1 unspecified atom stereocenters. The first-order chi connectivity index (χ1) is 13.6. The summed E-state index contributed by atoms with van der Waals surface area (Å²) in [6.07, 6.45) is 1.21. The van der Waals surface area contributed by atoms with Crippen molar-refractivity contribution in [1.82, 2.24) is 9.97 Å². The van der Waals surface area contributed by atoms with Crippen LogP contribution < -0.4 is 5.32 Å². The van der Waals surface area contributed by atoms with Crippen molar-refractivity contribution in [2.45, 2.75) is 13.0 Å². The molecule has 2 aromatic carbocycles. The second-order valence-corrected chi connectivity index (χ2v) is 7.83. The monoisotopic (exact) mass is 407 g/mol. The Morgan fingerprint density at radius 1 is 1.00 bits per heavy atom. The van der Waals surface area contributed by atoms with Crippen molar-refractivity contribution in [2.75, 3.05) is 5.32 Å². The molecule has 4 aromatic rings. The Morgan fingerprint density at radius 2 is 1.82 bits per heavy atom. The van der Waals surface area contributed by atoms with Crippen molar-refractivity contribution in [1.29, 1.82) is 0 Å². The average Bonchev–Trinajstić information content (AvgIpc) is 3.19. The van der Waals surface area contributed by atoms with Gasteiger partial charge in [0, 0.05) is 27.3 Å². The van der Waals surface area contributed by atoms with Crippen molar-refractivity contribution < 1.29 is 5.11 Å². The Labute approximate surface area is 172 Å². The number of aliphatic hydroxyl groups excluding tert-OH is 1. The summed E-state index contributed by atoms with van der Waals surface area (Å²) in [5.41, 5.74) is 3.53. The van der Waals surface area contributed by atoms with E-state index in [0.717, 1.165) is 37.3 Å². The zero-order valence-corrected chi connectivity index (χ0v) is 16.7. The fourth-order valence-corrected chi connectivity index (χ4v) is 4.15. The molecular formula is C22H18ClN3OS. The Balaban J connectivity index is 1.60. The highest BCUT2D eigenvalue weighted by Gasteiger charge is 2.10. The van der Waals surface area contributed by atoms with E-state index < -0.39 is 6.10 Å². The fraction of sp³-hybridized carbons (Fsp3) is 0.0909. The normalized spacial score (nSPS) is 12.0. The van der Waals surface area contributed by atoms with Gasteiger partial charge >= 0.3 is 0 Å². The lowest BCUT2D eigenvalue weighted by Gasteiger charge is -2.09. The molecule has 140 valence electrons. The number of aliphatic hydroxyl groups is 1. The number of rotatable bonds is 5. The third-order valence-electron chi connectivity index (χ3n) is 4.28. The third-order valence-corrected chi connectivity index (χ3v) is 5.75. The zero-order valence-electron chi connectivity index (χ0n) is 15.1. The highest BCUT2D eigenvalue weighted by atomic mass is 35.5. The topological polar surface area (TPSA) is 58.0 Å². The van der Waals surface area contributed by atoms with Gasteiger partial charge in [-0.05, 0) is 48.9 Å². The summed E-state index contributed by atoms with van der Waals surface area (Å²) in [6.45, 7) is 1.74. The molecule has 0 bridgehead atoms. The smallest absolute Gasteiger partial charge is 0.227 e. The first-order valence-electron chi connectivity index (χ1n) is 8.83. The summed E-state index contributed by atoms with van der Waals surface area (Å²) in [7, 11) is 0. The molecule has 4 rings (SSSR count). The number of nitrogens with one attached hydrogen (secondary N) is 1. The first-order valence-corrected chi connectivity index (χ1v) is 10.0.